The first-order chi connectivity index (χ1) is 12.7. The van der Waals surface area contributed by atoms with Crippen LogP contribution >= 0.6 is 0 Å². The van der Waals surface area contributed by atoms with Crippen LogP contribution in [0.25, 0.3) is 0 Å². The van der Waals surface area contributed by atoms with E-state index in [2.05, 4.69) is 29.7 Å². The number of nitrogens with zero attached hydrogens (tertiary/aromatic N) is 1. The largest absolute Gasteiger partial charge is 0.488 e. The highest BCUT2D eigenvalue weighted by atomic mass is 32.2. The lowest BCUT2D eigenvalue weighted by Gasteiger charge is -2.30. The van der Waals surface area contributed by atoms with Crippen LogP contribution in [-0.4, -0.2) is 46.4 Å². The Balaban J connectivity index is 1.55. The molecule has 6 heteroatoms. The normalized spacial score (nSPS) is 26.7. The molecule has 0 bridgehead atoms. The lowest BCUT2D eigenvalue weighted by molar-refractivity contribution is 0.241. The summed E-state index contributed by atoms with van der Waals surface area (Å²) in [5, 5.41) is 7.22. The minimum atomic E-state index is -0.701. The summed E-state index contributed by atoms with van der Waals surface area (Å²) in [5.74, 6) is 2.59. The number of hydrogen-bond donors (Lipinski definition) is 2. The van der Waals surface area contributed by atoms with Crippen LogP contribution in [0.3, 0.4) is 0 Å². The van der Waals surface area contributed by atoms with E-state index in [1.807, 2.05) is 19.1 Å². The summed E-state index contributed by atoms with van der Waals surface area (Å²) in [6.07, 6.45) is 5.33. The molecule has 0 spiro atoms. The standard InChI is InChI=1S/C20H31N3O2S/c1-3-21-20(23-16-9-7-10-18(13-16)26(24)4-2)22-14-17-12-15-8-5-6-11-19(15)25-17/h5-6,8,11,16-18H,3-4,7,9-10,12-14H2,1-2H3,(H2,21,22,23). The van der Waals surface area contributed by atoms with Crippen LogP contribution in [0.4, 0.5) is 0 Å². The van der Waals surface area contributed by atoms with Crippen molar-refractivity contribution >= 4 is 16.8 Å². The molecule has 2 aliphatic rings. The fraction of sp³-hybridized carbons (Fsp3) is 0.650. The van der Waals surface area contributed by atoms with E-state index in [1.54, 1.807) is 0 Å². The summed E-state index contributed by atoms with van der Waals surface area (Å²) in [4.78, 5) is 4.76. The number of aliphatic imine (C=N–C) groups is 1. The lowest BCUT2D eigenvalue weighted by Crippen LogP contribution is -2.47. The van der Waals surface area contributed by atoms with E-state index in [0.29, 0.717) is 17.8 Å². The van der Waals surface area contributed by atoms with Gasteiger partial charge in [0.1, 0.15) is 11.9 Å². The topological polar surface area (TPSA) is 62.7 Å². The second kappa shape index (κ2) is 9.40. The Morgan fingerprint density at radius 3 is 2.92 bits per heavy atom. The molecule has 1 aromatic rings. The SMILES string of the molecule is CCNC(=NCC1Cc2ccccc2O1)NC1CCCC(S(=O)CC)C1. The first-order valence-corrected chi connectivity index (χ1v) is 11.2. The molecule has 0 aromatic heterocycles. The van der Waals surface area contributed by atoms with Crippen LogP contribution < -0.4 is 15.4 Å². The van der Waals surface area contributed by atoms with Crippen molar-refractivity contribution in [2.45, 2.75) is 63.3 Å². The van der Waals surface area contributed by atoms with Crippen LogP contribution in [0.15, 0.2) is 29.3 Å². The summed E-state index contributed by atoms with van der Waals surface area (Å²) < 4.78 is 18.1. The molecule has 26 heavy (non-hydrogen) atoms. The molecule has 5 nitrogen and oxygen atoms in total. The monoisotopic (exact) mass is 377 g/mol. The number of nitrogens with one attached hydrogen (secondary N) is 2. The van der Waals surface area contributed by atoms with Crippen molar-refractivity contribution in [3.63, 3.8) is 0 Å². The molecule has 0 saturated heterocycles. The van der Waals surface area contributed by atoms with E-state index >= 15 is 0 Å². The number of guanidine groups is 1. The minimum absolute atomic E-state index is 0.106. The summed E-state index contributed by atoms with van der Waals surface area (Å²) in [5.41, 5.74) is 1.27. The van der Waals surface area contributed by atoms with Crippen LogP contribution in [0, 0.1) is 0 Å². The maximum atomic E-state index is 12.2. The average Bonchev–Trinajstić information content (AvgIpc) is 3.09. The second-order valence-corrected chi connectivity index (χ2v) is 9.08. The van der Waals surface area contributed by atoms with E-state index in [-0.39, 0.29) is 6.10 Å². The molecule has 1 aliphatic carbocycles. The first kappa shape index (κ1) is 19.2. The molecular formula is C20H31N3O2S. The maximum Gasteiger partial charge on any atom is 0.191 e. The fourth-order valence-electron chi connectivity index (χ4n) is 3.81. The first-order valence-electron chi connectivity index (χ1n) is 9.86. The van der Waals surface area contributed by atoms with Crippen molar-refractivity contribution < 1.29 is 8.95 Å². The number of ether oxygens (including phenoxy) is 1. The van der Waals surface area contributed by atoms with Crippen molar-refractivity contribution in [3.05, 3.63) is 29.8 Å². The Bertz CT molecular complexity index is 625. The second-order valence-electron chi connectivity index (χ2n) is 7.07. The van der Waals surface area contributed by atoms with Crippen molar-refractivity contribution in [2.24, 2.45) is 4.99 Å². The van der Waals surface area contributed by atoms with Gasteiger partial charge in [0.2, 0.25) is 0 Å². The van der Waals surface area contributed by atoms with Gasteiger partial charge in [0.25, 0.3) is 0 Å². The van der Waals surface area contributed by atoms with Gasteiger partial charge in [-0.15, -0.1) is 0 Å². The van der Waals surface area contributed by atoms with Crippen molar-refractivity contribution in [1.29, 1.82) is 0 Å². The average molecular weight is 378 g/mol. The van der Waals surface area contributed by atoms with Gasteiger partial charge in [0.15, 0.2) is 5.96 Å². The van der Waals surface area contributed by atoms with Crippen LogP contribution in [0.2, 0.25) is 0 Å². The number of para-hydroxylation sites is 1. The predicted octanol–water partition coefficient (Wildman–Crippen LogP) is 2.62. The Morgan fingerprint density at radius 1 is 1.31 bits per heavy atom. The molecule has 1 aliphatic heterocycles. The summed E-state index contributed by atoms with van der Waals surface area (Å²) >= 11 is 0. The summed E-state index contributed by atoms with van der Waals surface area (Å²) in [6.45, 7) is 5.56. The molecule has 4 atom stereocenters. The van der Waals surface area contributed by atoms with Gasteiger partial charge in [-0.1, -0.05) is 31.5 Å². The van der Waals surface area contributed by atoms with Crippen LogP contribution in [-0.2, 0) is 17.2 Å². The zero-order chi connectivity index (χ0) is 18.4. The smallest absolute Gasteiger partial charge is 0.191 e. The Labute approximate surface area is 159 Å². The Morgan fingerprint density at radius 2 is 2.15 bits per heavy atom. The van der Waals surface area contributed by atoms with E-state index < -0.39 is 10.8 Å². The van der Waals surface area contributed by atoms with Gasteiger partial charge in [-0.3, -0.25) is 4.21 Å². The van der Waals surface area contributed by atoms with Crippen LogP contribution in [0.5, 0.6) is 5.75 Å². The molecule has 1 heterocycles. The number of hydrogen-bond acceptors (Lipinski definition) is 3. The van der Waals surface area contributed by atoms with Gasteiger partial charge < -0.3 is 15.4 Å². The van der Waals surface area contributed by atoms with Crippen LogP contribution in [0.1, 0.15) is 45.1 Å². The van der Waals surface area contributed by atoms with Crippen molar-refractivity contribution in [3.8, 4) is 5.75 Å². The molecule has 3 rings (SSSR count). The third kappa shape index (κ3) is 5.00. The zero-order valence-corrected chi connectivity index (χ0v) is 16.7. The van der Waals surface area contributed by atoms with Gasteiger partial charge in [0, 0.05) is 40.8 Å². The molecule has 1 fully saturated rings. The van der Waals surface area contributed by atoms with E-state index in [9.17, 15) is 4.21 Å². The van der Waals surface area contributed by atoms with E-state index in [1.165, 1.54) is 5.56 Å². The molecule has 0 amide bonds. The van der Waals surface area contributed by atoms with E-state index in [0.717, 1.165) is 56.1 Å². The van der Waals surface area contributed by atoms with Crippen molar-refractivity contribution in [2.75, 3.05) is 18.8 Å². The van der Waals surface area contributed by atoms with Gasteiger partial charge in [-0.25, -0.2) is 4.99 Å². The molecular weight excluding hydrogens is 346 g/mol. The Kier molecular flexibility index (Phi) is 6.94. The Hall–Kier alpha value is -1.56. The van der Waals surface area contributed by atoms with Gasteiger partial charge in [-0.2, -0.15) is 0 Å². The maximum absolute atomic E-state index is 12.2. The van der Waals surface area contributed by atoms with Gasteiger partial charge in [0.05, 0.1) is 6.54 Å². The van der Waals surface area contributed by atoms with Crippen molar-refractivity contribution in [1.82, 2.24) is 10.6 Å². The number of benzene rings is 1. The third-order valence-corrected chi connectivity index (χ3v) is 6.88. The minimum Gasteiger partial charge on any atom is -0.488 e. The molecule has 1 saturated carbocycles. The van der Waals surface area contributed by atoms with E-state index in [4.69, 9.17) is 9.73 Å². The summed E-state index contributed by atoms with van der Waals surface area (Å²) in [7, 11) is -0.701. The molecule has 1 aromatic carbocycles. The molecule has 4 unspecified atom stereocenters. The highest BCUT2D eigenvalue weighted by Gasteiger charge is 2.26. The molecule has 2 N–H and O–H groups in total. The predicted molar refractivity (Wildman–Crippen MR) is 108 cm³/mol. The lowest BCUT2D eigenvalue weighted by atomic mass is 9.95. The fourth-order valence-corrected chi connectivity index (χ4v) is 5.16. The number of rotatable bonds is 6. The third-order valence-electron chi connectivity index (χ3n) is 5.13. The molecule has 144 valence electrons. The molecule has 0 radical (unpaired) electrons. The quantitative estimate of drug-likeness (QED) is 0.591. The van der Waals surface area contributed by atoms with Gasteiger partial charge >= 0.3 is 0 Å². The highest BCUT2D eigenvalue weighted by molar-refractivity contribution is 7.85. The van der Waals surface area contributed by atoms with Gasteiger partial charge in [-0.05, 0) is 37.8 Å². The zero-order valence-electron chi connectivity index (χ0n) is 15.9. The highest BCUT2D eigenvalue weighted by Crippen LogP contribution is 2.28. The number of fused-ring (bicyclic) bond motifs is 1. The summed E-state index contributed by atoms with van der Waals surface area (Å²) in [6, 6.07) is 8.57.